The van der Waals surface area contributed by atoms with Crippen molar-refractivity contribution < 1.29 is 39.6 Å². The molecule has 246 valence electrons. The van der Waals surface area contributed by atoms with Crippen molar-refractivity contribution >= 4 is 21.7 Å². The number of carbonyl (C=O) groups is 1. The molecule has 1 saturated heterocycles. The molecule has 4 aliphatic rings. The maximum atomic E-state index is 13.4. The Morgan fingerprint density at radius 1 is 0.956 bits per heavy atom. The molecule has 1 heterocycles. The maximum absolute atomic E-state index is 13.4. The largest absolute Gasteiger partial charge is 0.416 e. The van der Waals surface area contributed by atoms with E-state index in [4.69, 9.17) is 0 Å². The standard InChI is InChI=1S/C31H36F6N4O3S/c1-29(2)23-7-6-21(27(29)19-23)20-40(28(42)38-25-10-8-22(9-11-25)30(32,33)34)15-12-39-13-16-41(17-14-39)45(43,44)26-5-3-4-24(18-26)31(35,36)37/h3-6,8-11,18,23,27H,7,12-17,19-20H2,1-2H3,(H,38,42). The summed E-state index contributed by atoms with van der Waals surface area (Å²) in [6.45, 7) is 6.24. The minimum atomic E-state index is -4.67. The van der Waals surface area contributed by atoms with Gasteiger partial charge in [-0.2, -0.15) is 30.6 Å². The third-order valence-corrected chi connectivity index (χ3v) is 11.4. The van der Waals surface area contributed by atoms with Gasteiger partial charge in [0.05, 0.1) is 16.0 Å². The Bertz CT molecular complexity index is 1530. The number of amides is 2. The Kier molecular flexibility index (Phi) is 9.06. The quantitative estimate of drug-likeness (QED) is 0.258. The Balaban J connectivity index is 1.23. The maximum Gasteiger partial charge on any atom is 0.416 e. The molecular formula is C31H36F6N4O3S. The highest BCUT2D eigenvalue weighted by atomic mass is 32.2. The lowest BCUT2D eigenvalue weighted by molar-refractivity contribution is -0.138. The highest BCUT2D eigenvalue weighted by molar-refractivity contribution is 7.89. The second kappa shape index (κ2) is 12.3. The van der Waals surface area contributed by atoms with Gasteiger partial charge in [-0.1, -0.05) is 31.6 Å². The number of sulfonamides is 1. The van der Waals surface area contributed by atoms with Gasteiger partial charge < -0.3 is 10.2 Å². The second-order valence-corrected chi connectivity index (χ2v) is 14.5. The molecule has 1 saturated carbocycles. The molecular weight excluding hydrogens is 622 g/mol. The van der Waals surface area contributed by atoms with E-state index in [0.29, 0.717) is 44.1 Å². The predicted molar refractivity (Wildman–Crippen MR) is 157 cm³/mol. The number of allylic oxidation sites excluding steroid dienone is 1. The topological polar surface area (TPSA) is 73.0 Å². The number of halogens is 6. The predicted octanol–water partition coefficient (Wildman–Crippen LogP) is 6.56. The summed E-state index contributed by atoms with van der Waals surface area (Å²) in [5, 5.41) is 2.71. The fourth-order valence-electron chi connectivity index (χ4n) is 6.51. The van der Waals surface area contributed by atoms with Crippen LogP contribution in [0.1, 0.15) is 37.8 Å². The van der Waals surface area contributed by atoms with E-state index in [1.54, 1.807) is 4.90 Å². The monoisotopic (exact) mass is 658 g/mol. The van der Waals surface area contributed by atoms with Crippen LogP contribution in [0.25, 0.3) is 0 Å². The summed E-state index contributed by atoms with van der Waals surface area (Å²) in [5.74, 6) is 0.936. The van der Waals surface area contributed by atoms with E-state index >= 15 is 0 Å². The number of hydrogen-bond acceptors (Lipinski definition) is 4. The summed E-state index contributed by atoms with van der Waals surface area (Å²) in [6, 6.07) is 7.47. The first-order valence-corrected chi connectivity index (χ1v) is 16.2. The van der Waals surface area contributed by atoms with Crippen molar-refractivity contribution in [2.75, 3.05) is 51.1 Å². The van der Waals surface area contributed by atoms with Crippen LogP contribution in [0.4, 0.5) is 36.8 Å². The van der Waals surface area contributed by atoms with Crippen molar-refractivity contribution in [3.63, 3.8) is 0 Å². The molecule has 14 heteroatoms. The van der Waals surface area contributed by atoms with Crippen molar-refractivity contribution in [1.82, 2.24) is 14.1 Å². The number of carbonyl (C=O) groups excluding carboxylic acids is 1. The van der Waals surface area contributed by atoms with E-state index in [0.717, 1.165) is 53.1 Å². The molecule has 2 fully saturated rings. The number of anilines is 1. The third-order valence-electron chi connectivity index (χ3n) is 9.52. The van der Waals surface area contributed by atoms with Crippen molar-refractivity contribution in [2.45, 2.75) is 43.9 Å². The highest BCUT2D eigenvalue weighted by Crippen LogP contribution is 2.59. The molecule has 2 atom stereocenters. The molecule has 0 radical (unpaired) electrons. The summed E-state index contributed by atoms with van der Waals surface area (Å²) in [7, 11) is -4.14. The number of nitrogens with zero attached hydrogens (tertiary/aromatic N) is 3. The van der Waals surface area contributed by atoms with Gasteiger partial charge in [0.1, 0.15) is 0 Å². The summed E-state index contributed by atoms with van der Waals surface area (Å²) in [4.78, 5) is 16.6. The van der Waals surface area contributed by atoms with Crippen LogP contribution in [0.15, 0.2) is 65.1 Å². The van der Waals surface area contributed by atoms with Gasteiger partial charge >= 0.3 is 18.4 Å². The van der Waals surface area contributed by atoms with Gasteiger partial charge in [-0.15, -0.1) is 0 Å². The Morgan fingerprint density at radius 3 is 2.18 bits per heavy atom. The Morgan fingerprint density at radius 2 is 1.60 bits per heavy atom. The molecule has 2 aromatic rings. The van der Waals surface area contributed by atoms with E-state index in [1.807, 2.05) is 4.90 Å². The van der Waals surface area contributed by atoms with Crippen LogP contribution in [-0.4, -0.2) is 74.4 Å². The Hall–Kier alpha value is -3.10. The number of rotatable bonds is 8. The van der Waals surface area contributed by atoms with E-state index in [2.05, 4.69) is 25.2 Å². The molecule has 0 aromatic heterocycles. The first-order valence-electron chi connectivity index (χ1n) is 14.8. The molecule has 6 rings (SSSR count). The molecule has 0 spiro atoms. The zero-order chi connectivity index (χ0) is 32.8. The first-order chi connectivity index (χ1) is 21.0. The zero-order valence-corrected chi connectivity index (χ0v) is 25.8. The number of urea groups is 1. The zero-order valence-electron chi connectivity index (χ0n) is 25.0. The molecule has 2 amide bonds. The van der Waals surface area contributed by atoms with Gasteiger partial charge in [0.2, 0.25) is 10.0 Å². The van der Waals surface area contributed by atoms with E-state index in [1.165, 1.54) is 12.1 Å². The van der Waals surface area contributed by atoms with Crippen LogP contribution in [-0.2, 0) is 22.4 Å². The van der Waals surface area contributed by atoms with Crippen LogP contribution >= 0.6 is 0 Å². The van der Waals surface area contributed by atoms with E-state index in [9.17, 15) is 39.6 Å². The van der Waals surface area contributed by atoms with Crippen LogP contribution in [0.3, 0.4) is 0 Å². The summed E-state index contributed by atoms with van der Waals surface area (Å²) in [6.07, 6.45) is -5.00. The lowest BCUT2D eigenvalue weighted by Crippen LogP contribution is -2.52. The van der Waals surface area contributed by atoms with Gasteiger partial charge in [0, 0.05) is 51.5 Å². The number of alkyl halides is 6. The number of nitrogens with one attached hydrogen (secondary N) is 1. The lowest BCUT2D eigenvalue weighted by Gasteiger charge is -2.57. The molecule has 45 heavy (non-hydrogen) atoms. The van der Waals surface area contributed by atoms with Gasteiger partial charge in [-0.3, -0.25) is 4.90 Å². The van der Waals surface area contributed by atoms with Gasteiger partial charge in [0.15, 0.2) is 0 Å². The molecule has 7 nitrogen and oxygen atoms in total. The third kappa shape index (κ3) is 7.17. The number of fused-ring (bicyclic) bond motifs is 1. The smallest absolute Gasteiger partial charge is 0.319 e. The summed E-state index contributed by atoms with van der Waals surface area (Å²) >= 11 is 0. The molecule has 2 unspecified atom stereocenters. The average molecular weight is 659 g/mol. The number of hydrogen-bond donors (Lipinski definition) is 1. The summed E-state index contributed by atoms with van der Waals surface area (Å²) < 4.78 is 106. The molecule has 2 bridgehead atoms. The van der Waals surface area contributed by atoms with E-state index < -0.39 is 44.4 Å². The van der Waals surface area contributed by atoms with Crippen LogP contribution in [0.5, 0.6) is 0 Å². The van der Waals surface area contributed by atoms with Gasteiger partial charge in [0.25, 0.3) is 0 Å². The normalized spacial score (nSPS) is 22.4. The second-order valence-electron chi connectivity index (χ2n) is 12.5. The minimum Gasteiger partial charge on any atom is -0.319 e. The van der Waals surface area contributed by atoms with Crippen LogP contribution in [0, 0.1) is 17.3 Å². The van der Waals surface area contributed by atoms with Crippen molar-refractivity contribution in [1.29, 1.82) is 0 Å². The highest BCUT2D eigenvalue weighted by Gasteiger charge is 2.51. The average Bonchev–Trinajstić information content (AvgIpc) is 2.99. The van der Waals surface area contributed by atoms with Gasteiger partial charge in [-0.25, -0.2) is 13.2 Å². The number of piperazine rings is 1. The fourth-order valence-corrected chi connectivity index (χ4v) is 7.98. The number of benzene rings is 2. The summed E-state index contributed by atoms with van der Waals surface area (Å²) in [5.41, 5.74) is -0.345. The van der Waals surface area contributed by atoms with Gasteiger partial charge in [-0.05, 0) is 72.6 Å². The SMILES string of the molecule is CC1(C)C2CC=C(CN(CCN3CCN(S(=O)(=O)c4cccc(C(F)(F)F)c4)CC3)C(=O)Nc3ccc(C(F)(F)F)cc3)C1C2. The lowest BCUT2D eigenvalue weighted by atomic mass is 9.49. The fraction of sp³-hybridized carbons (Fsp3) is 0.516. The molecule has 1 N–H and O–H groups in total. The van der Waals surface area contributed by atoms with Crippen molar-refractivity contribution in [2.24, 2.45) is 17.3 Å². The van der Waals surface area contributed by atoms with Crippen molar-refractivity contribution in [3.05, 3.63) is 71.3 Å². The minimum absolute atomic E-state index is 0.0686. The molecule has 2 aromatic carbocycles. The van der Waals surface area contributed by atoms with Crippen LogP contribution < -0.4 is 5.32 Å². The Labute approximate surface area is 258 Å². The van der Waals surface area contributed by atoms with E-state index in [-0.39, 0.29) is 30.7 Å². The molecule has 3 aliphatic carbocycles. The first kappa shape index (κ1) is 33.3. The van der Waals surface area contributed by atoms with Crippen molar-refractivity contribution in [3.8, 4) is 0 Å². The van der Waals surface area contributed by atoms with Crippen LogP contribution in [0.2, 0.25) is 0 Å². The molecule has 1 aliphatic heterocycles.